The number of aryl methyl sites for hydroxylation is 1. The van der Waals surface area contributed by atoms with E-state index in [0.717, 1.165) is 27.5 Å². The van der Waals surface area contributed by atoms with Gasteiger partial charge in [0.25, 0.3) is 0 Å². The van der Waals surface area contributed by atoms with Gasteiger partial charge in [-0.25, -0.2) is 8.42 Å². The Morgan fingerprint density at radius 2 is 1.77 bits per heavy atom. The number of hydrogen-bond donors (Lipinski definition) is 1. The van der Waals surface area contributed by atoms with E-state index in [9.17, 15) is 13.2 Å². The van der Waals surface area contributed by atoms with Crippen LogP contribution in [-0.4, -0.2) is 32.9 Å². The summed E-state index contributed by atoms with van der Waals surface area (Å²) < 4.78 is 23.8. The minimum Gasteiger partial charge on any atom is -0.376 e. The van der Waals surface area contributed by atoms with Crippen LogP contribution < -0.4 is 10.2 Å². The number of hydrogen-bond acceptors (Lipinski definition) is 5. The number of amides is 1. The molecular weight excluding hydrogens is 428 g/mol. The summed E-state index contributed by atoms with van der Waals surface area (Å²) in [5.41, 5.74) is 3.52. The maximum atomic E-state index is 13.4. The number of benzene rings is 3. The summed E-state index contributed by atoms with van der Waals surface area (Å²) in [4.78, 5) is 16.6. The average molecular weight is 453 g/mol. The van der Waals surface area contributed by atoms with Crippen molar-refractivity contribution in [2.75, 3.05) is 28.8 Å². The monoisotopic (exact) mass is 452 g/mol. The highest BCUT2D eigenvalue weighted by Crippen LogP contribution is 2.43. The van der Waals surface area contributed by atoms with E-state index in [4.69, 9.17) is 0 Å². The van der Waals surface area contributed by atoms with Crippen LogP contribution >= 0.6 is 11.8 Å². The van der Waals surface area contributed by atoms with Crippen LogP contribution in [0.4, 0.5) is 11.4 Å². The third kappa shape index (κ3) is 4.62. The molecule has 4 rings (SSSR count). The second kappa shape index (κ2) is 8.77. The van der Waals surface area contributed by atoms with Gasteiger partial charge in [-0.05, 0) is 42.3 Å². The van der Waals surface area contributed by atoms with E-state index < -0.39 is 9.84 Å². The summed E-state index contributed by atoms with van der Waals surface area (Å²) in [7, 11) is -3.32. The lowest BCUT2D eigenvalue weighted by atomic mass is 10.1. The second-order valence-corrected chi connectivity index (χ2v) is 10.6. The van der Waals surface area contributed by atoms with Gasteiger partial charge in [0.1, 0.15) is 0 Å². The maximum absolute atomic E-state index is 13.4. The predicted octanol–water partition coefficient (Wildman–Crippen LogP) is 4.69. The number of nitrogens with zero attached hydrogens (tertiary/aromatic N) is 1. The number of nitrogens with one attached hydrogen (secondary N) is 1. The quantitative estimate of drug-likeness (QED) is 0.608. The minimum absolute atomic E-state index is 0.0641. The van der Waals surface area contributed by atoms with Crippen LogP contribution in [0.25, 0.3) is 0 Å². The zero-order valence-electron chi connectivity index (χ0n) is 17.4. The van der Waals surface area contributed by atoms with E-state index in [0.29, 0.717) is 5.69 Å². The number of anilines is 2. The summed E-state index contributed by atoms with van der Waals surface area (Å²) in [6.45, 7) is 1.95. The fourth-order valence-corrected chi connectivity index (χ4v) is 5.51. The molecule has 1 aliphatic heterocycles. The molecule has 0 bridgehead atoms. The van der Waals surface area contributed by atoms with Crippen molar-refractivity contribution < 1.29 is 13.2 Å². The van der Waals surface area contributed by atoms with Crippen LogP contribution in [0.3, 0.4) is 0 Å². The molecule has 1 atom stereocenters. The van der Waals surface area contributed by atoms with E-state index in [2.05, 4.69) is 5.32 Å². The zero-order valence-corrected chi connectivity index (χ0v) is 19.0. The summed E-state index contributed by atoms with van der Waals surface area (Å²) >= 11 is 1.75. The van der Waals surface area contributed by atoms with Crippen molar-refractivity contribution in [1.29, 1.82) is 0 Å². The Kier molecular flexibility index (Phi) is 6.07. The Labute approximate surface area is 187 Å². The Bertz CT molecular complexity index is 1210. The van der Waals surface area contributed by atoms with Crippen LogP contribution in [-0.2, 0) is 14.6 Å². The van der Waals surface area contributed by atoms with Gasteiger partial charge < -0.3 is 10.2 Å². The molecule has 0 fully saturated rings. The van der Waals surface area contributed by atoms with Crippen molar-refractivity contribution in [3.05, 3.63) is 83.9 Å². The van der Waals surface area contributed by atoms with Gasteiger partial charge in [0, 0.05) is 22.6 Å². The van der Waals surface area contributed by atoms with Gasteiger partial charge in [-0.15, -0.1) is 11.8 Å². The summed E-state index contributed by atoms with van der Waals surface area (Å²) in [6, 6.07) is 22.8. The fourth-order valence-electron chi connectivity index (χ4n) is 3.70. The standard InChI is InChI=1S/C24H24N2O3S2/c1-17-12-13-19(31(2,28)29)14-20(17)25-15-24(27)26-21-10-6-7-11-23(21)30-16-22(26)18-8-4-3-5-9-18/h3-14,22,25H,15-16H2,1-2H3. The van der Waals surface area contributed by atoms with Gasteiger partial charge in [-0.1, -0.05) is 48.5 Å². The van der Waals surface area contributed by atoms with Crippen molar-refractivity contribution >= 4 is 38.9 Å². The number of carbonyl (C=O) groups is 1. The Hall–Kier alpha value is -2.77. The van der Waals surface area contributed by atoms with Gasteiger partial charge in [0.15, 0.2) is 9.84 Å². The fraction of sp³-hybridized carbons (Fsp3) is 0.208. The van der Waals surface area contributed by atoms with Crippen LogP contribution in [0.1, 0.15) is 17.2 Å². The number of sulfone groups is 1. The largest absolute Gasteiger partial charge is 0.376 e. The van der Waals surface area contributed by atoms with E-state index >= 15 is 0 Å². The van der Waals surface area contributed by atoms with Gasteiger partial charge >= 0.3 is 0 Å². The molecular formula is C24H24N2O3S2. The van der Waals surface area contributed by atoms with Crippen LogP contribution in [0.5, 0.6) is 0 Å². The molecule has 7 heteroatoms. The SMILES string of the molecule is Cc1ccc(S(C)(=O)=O)cc1NCC(=O)N1c2ccccc2SCC1c1ccccc1. The molecule has 1 unspecified atom stereocenters. The molecule has 0 saturated heterocycles. The molecule has 0 aliphatic carbocycles. The highest BCUT2D eigenvalue weighted by Gasteiger charge is 2.32. The average Bonchev–Trinajstić information content (AvgIpc) is 2.77. The highest BCUT2D eigenvalue weighted by molar-refractivity contribution is 7.99. The third-order valence-electron chi connectivity index (χ3n) is 5.35. The first-order valence-corrected chi connectivity index (χ1v) is 12.9. The molecule has 3 aromatic carbocycles. The van der Waals surface area contributed by atoms with Crippen LogP contribution in [0.15, 0.2) is 82.6 Å². The molecule has 0 aromatic heterocycles. The first kappa shape index (κ1) is 21.5. The molecule has 5 nitrogen and oxygen atoms in total. The van der Waals surface area contributed by atoms with E-state index in [1.807, 2.05) is 66.4 Å². The molecule has 0 spiro atoms. The highest BCUT2D eigenvalue weighted by atomic mass is 32.2. The molecule has 1 N–H and O–H groups in total. The number of rotatable bonds is 5. The van der Waals surface area contributed by atoms with Gasteiger partial charge in [0.2, 0.25) is 5.91 Å². The Morgan fingerprint density at radius 1 is 1.06 bits per heavy atom. The number of fused-ring (bicyclic) bond motifs is 1. The van der Waals surface area contributed by atoms with Crippen molar-refractivity contribution in [2.45, 2.75) is 22.8 Å². The van der Waals surface area contributed by atoms with Gasteiger partial charge in [-0.3, -0.25) is 4.79 Å². The van der Waals surface area contributed by atoms with Crippen molar-refractivity contribution in [2.24, 2.45) is 0 Å². The number of carbonyl (C=O) groups excluding carboxylic acids is 1. The van der Waals surface area contributed by atoms with E-state index in [1.54, 1.807) is 30.0 Å². The molecule has 31 heavy (non-hydrogen) atoms. The molecule has 3 aromatic rings. The summed E-state index contributed by atoms with van der Waals surface area (Å²) in [5, 5.41) is 3.16. The van der Waals surface area contributed by atoms with Crippen molar-refractivity contribution in [3.8, 4) is 0 Å². The molecule has 0 saturated carbocycles. The zero-order chi connectivity index (χ0) is 22.0. The topological polar surface area (TPSA) is 66.5 Å². The first-order chi connectivity index (χ1) is 14.8. The lowest BCUT2D eigenvalue weighted by molar-refractivity contribution is -0.117. The lowest BCUT2D eigenvalue weighted by Gasteiger charge is -2.37. The lowest BCUT2D eigenvalue weighted by Crippen LogP contribution is -2.41. The molecule has 1 aliphatic rings. The molecule has 1 amide bonds. The maximum Gasteiger partial charge on any atom is 0.246 e. The molecule has 1 heterocycles. The number of para-hydroxylation sites is 1. The predicted molar refractivity (Wildman–Crippen MR) is 127 cm³/mol. The van der Waals surface area contributed by atoms with Crippen molar-refractivity contribution in [1.82, 2.24) is 0 Å². The van der Waals surface area contributed by atoms with E-state index in [1.165, 1.54) is 6.26 Å². The molecule has 0 radical (unpaired) electrons. The smallest absolute Gasteiger partial charge is 0.246 e. The second-order valence-electron chi connectivity index (χ2n) is 7.57. The van der Waals surface area contributed by atoms with Crippen LogP contribution in [0.2, 0.25) is 0 Å². The minimum atomic E-state index is -3.32. The van der Waals surface area contributed by atoms with E-state index in [-0.39, 0.29) is 23.4 Å². The van der Waals surface area contributed by atoms with Gasteiger partial charge in [-0.2, -0.15) is 0 Å². The first-order valence-electron chi connectivity index (χ1n) is 9.98. The van der Waals surface area contributed by atoms with Gasteiger partial charge in [0.05, 0.1) is 23.2 Å². The van der Waals surface area contributed by atoms with Crippen molar-refractivity contribution in [3.63, 3.8) is 0 Å². The summed E-state index contributed by atoms with van der Waals surface area (Å²) in [5.74, 6) is 0.709. The number of thioether (sulfide) groups is 1. The summed E-state index contributed by atoms with van der Waals surface area (Å²) in [6.07, 6.45) is 1.18. The Balaban J connectivity index is 1.63. The molecule has 160 valence electrons. The third-order valence-corrected chi connectivity index (χ3v) is 7.60. The van der Waals surface area contributed by atoms with Crippen LogP contribution in [0, 0.1) is 6.92 Å². The Morgan fingerprint density at radius 3 is 2.52 bits per heavy atom. The normalized spacial score (nSPS) is 15.9.